The highest BCUT2D eigenvalue weighted by Crippen LogP contribution is 2.40. The Morgan fingerprint density at radius 2 is 1.92 bits per heavy atom. The summed E-state index contributed by atoms with van der Waals surface area (Å²) in [6.07, 6.45) is 5.10. The number of rotatable bonds is 7. The lowest BCUT2D eigenvalue weighted by Gasteiger charge is -2.35. The van der Waals surface area contributed by atoms with Crippen molar-refractivity contribution in [2.24, 2.45) is 0 Å². The molecule has 0 radical (unpaired) electrons. The molecule has 0 saturated carbocycles. The van der Waals surface area contributed by atoms with Crippen molar-refractivity contribution in [3.05, 3.63) is 63.7 Å². The predicted octanol–water partition coefficient (Wildman–Crippen LogP) is 5.84. The molecular weight excluding hydrogens is 575 g/mol. The van der Waals surface area contributed by atoms with Crippen molar-refractivity contribution < 1.29 is 17.9 Å². The zero-order chi connectivity index (χ0) is 26.2. The van der Waals surface area contributed by atoms with Crippen LogP contribution in [-0.4, -0.2) is 48.3 Å². The molecule has 1 aromatic carbocycles. The Morgan fingerprint density at radius 3 is 2.62 bits per heavy atom. The summed E-state index contributed by atoms with van der Waals surface area (Å²) in [7, 11) is -2.37. The lowest BCUT2D eigenvalue weighted by Crippen LogP contribution is -2.52. The van der Waals surface area contributed by atoms with Gasteiger partial charge in [0.15, 0.2) is 5.13 Å². The second kappa shape index (κ2) is 10.8. The second-order valence-corrected chi connectivity index (χ2v) is 13.6. The number of sulfonamides is 1. The van der Waals surface area contributed by atoms with E-state index < -0.39 is 16.1 Å². The van der Waals surface area contributed by atoms with Crippen LogP contribution in [0, 0.1) is 0 Å². The lowest BCUT2D eigenvalue weighted by atomic mass is 10.0. The summed E-state index contributed by atoms with van der Waals surface area (Å²) in [4.78, 5) is 24.5. The van der Waals surface area contributed by atoms with Crippen molar-refractivity contribution in [2.45, 2.75) is 36.1 Å². The van der Waals surface area contributed by atoms with Crippen LogP contribution in [0.3, 0.4) is 0 Å². The molecule has 1 unspecified atom stereocenters. The molecule has 13 heteroatoms. The predicted molar refractivity (Wildman–Crippen MR) is 147 cm³/mol. The van der Waals surface area contributed by atoms with E-state index in [2.05, 4.69) is 4.98 Å². The maximum atomic E-state index is 14.2. The summed E-state index contributed by atoms with van der Waals surface area (Å²) in [6.45, 7) is 0.438. The van der Waals surface area contributed by atoms with Gasteiger partial charge in [-0.3, -0.25) is 14.7 Å². The number of thiazole rings is 1. The van der Waals surface area contributed by atoms with Crippen molar-refractivity contribution >= 4 is 77.2 Å². The number of benzene rings is 1. The molecule has 0 spiro atoms. The van der Waals surface area contributed by atoms with Crippen LogP contribution in [0.2, 0.25) is 9.36 Å². The molecule has 4 aromatic rings. The number of nitrogens with zero attached hydrogens (tertiary/aromatic N) is 4. The van der Waals surface area contributed by atoms with E-state index in [4.69, 9.17) is 32.9 Å². The zero-order valence-corrected chi connectivity index (χ0v) is 23.6. The lowest BCUT2D eigenvalue weighted by molar-refractivity contribution is -0.123. The number of methoxy groups -OCH3 is 1. The van der Waals surface area contributed by atoms with Crippen molar-refractivity contribution in [1.82, 2.24) is 14.3 Å². The first-order valence-electron chi connectivity index (χ1n) is 11.4. The molecule has 8 nitrogen and oxygen atoms in total. The normalized spacial score (nSPS) is 16.7. The quantitative estimate of drug-likeness (QED) is 0.266. The Morgan fingerprint density at radius 1 is 1.14 bits per heavy atom. The van der Waals surface area contributed by atoms with Crippen molar-refractivity contribution in [2.75, 3.05) is 18.6 Å². The number of anilines is 1. The topological polar surface area (TPSA) is 92.7 Å². The van der Waals surface area contributed by atoms with Gasteiger partial charge in [-0.2, -0.15) is 4.31 Å². The van der Waals surface area contributed by atoms with Crippen LogP contribution in [0.5, 0.6) is 5.75 Å². The molecule has 37 heavy (non-hydrogen) atoms. The molecule has 3 aromatic heterocycles. The Bertz CT molecular complexity index is 1540. The summed E-state index contributed by atoms with van der Waals surface area (Å²) < 4.78 is 35.1. The van der Waals surface area contributed by atoms with Crippen molar-refractivity contribution in [3.8, 4) is 5.75 Å². The number of ether oxygens (including phenoxy) is 1. The minimum absolute atomic E-state index is 0.120. The molecule has 1 aliphatic heterocycles. The van der Waals surface area contributed by atoms with Crippen LogP contribution in [0.15, 0.2) is 53.0 Å². The van der Waals surface area contributed by atoms with Crippen LogP contribution in [-0.2, 0) is 21.4 Å². The molecule has 1 atom stereocenters. The molecule has 1 aliphatic rings. The highest BCUT2D eigenvalue weighted by Gasteiger charge is 2.41. The number of pyridine rings is 1. The summed E-state index contributed by atoms with van der Waals surface area (Å²) in [6, 6.07) is 9.22. The molecule has 1 amide bonds. The maximum Gasteiger partial charge on any atom is 0.253 e. The van der Waals surface area contributed by atoms with Crippen LogP contribution >= 0.6 is 45.9 Å². The molecular formula is C24H22Cl2N4O4S3. The van der Waals surface area contributed by atoms with E-state index in [-0.39, 0.29) is 23.2 Å². The highest BCUT2D eigenvalue weighted by molar-refractivity contribution is 7.91. The Labute approximate surface area is 232 Å². The molecule has 194 valence electrons. The highest BCUT2D eigenvalue weighted by atomic mass is 35.5. The standard InChI is InChI=1S/C24H22Cl2N4O4S3/c1-34-18-6-5-16(25)22-21(18)28-24(36-22)29(14-15-9-11-27-12-10-15)23(31)17-4-2-3-13-30(17)37(32,33)20-8-7-19(26)35-20/h5-12,17H,2-4,13-14H2,1H3. The van der Waals surface area contributed by atoms with E-state index >= 15 is 0 Å². The van der Waals surface area contributed by atoms with E-state index in [1.807, 2.05) is 12.1 Å². The molecule has 5 rings (SSSR count). The van der Waals surface area contributed by atoms with E-state index in [0.717, 1.165) is 23.3 Å². The van der Waals surface area contributed by atoms with Gasteiger partial charge in [0, 0.05) is 18.9 Å². The fraction of sp³-hybridized carbons (Fsp3) is 0.292. The number of hydrogen-bond acceptors (Lipinski definition) is 8. The van der Waals surface area contributed by atoms with Gasteiger partial charge < -0.3 is 4.74 Å². The number of aromatic nitrogens is 2. The molecule has 4 heterocycles. The number of hydrogen-bond donors (Lipinski definition) is 0. The maximum absolute atomic E-state index is 14.2. The second-order valence-electron chi connectivity index (χ2n) is 8.39. The van der Waals surface area contributed by atoms with Gasteiger partial charge in [0.2, 0.25) is 5.91 Å². The van der Waals surface area contributed by atoms with Crippen LogP contribution in [0.4, 0.5) is 5.13 Å². The van der Waals surface area contributed by atoms with Gasteiger partial charge >= 0.3 is 0 Å². The van der Waals surface area contributed by atoms with E-state index in [1.165, 1.54) is 26.6 Å². The van der Waals surface area contributed by atoms with Gasteiger partial charge in [-0.15, -0.1) is 11.3 Å². The van der Waals surface area contributed by atoms with Gasteiger partial charge in [0.25, 0.3) is 10.0 Å². The molecule has 0 aliphatic carbocycles. The van der Waals surface area contributed by atoms with Crippen LogP contribution in [0.1, 0.15) is 24.8 Å². The van der Waals surface area contributed by atoms with Crippen LogP contribution in [0.25, 0.3) is 10.2 Å². The minimum Gasteiger partial charge on any atom is -0.494 e. The molecule has 0 N–H and O–H groups in total. The first-order chi connectivity index (χ1) is 17.8. The zero-order valence-electron chi connectivity index (χ0n) is 19.6. The Hall–Kier alpha value is -2.28. The number of amides is 1. The summed E-state index contributed by atoms with van der Waals surface area (Å²) in [5.74, 6) is 0.187. The SMILES string of the molecule is COc1ccc(Cl)c2sc(N(Cc3ccncc3)C(=O)C3CCCCN3S(=O)(=O)c3ccc(Cl)s3)nc12. The Kier molecular flexibility index (Phi) is 7.71. The van der Waals surface area contributed by atoms with Crippen molar-refractivity contribution in [3.63, 3.8) is 0 Å². The number of carbonyl (C=O) groups is 1. The van der Waals surface area contributed by atoms with Gasteiger partial charge in [-0.05, 0) is 54.8 Å². The Balaban J connectivity index is 1.58. The minimum atomic E-state index is -3.91. The third-order valence-electron chi connectivity index (χ3n) is 6.10. The summed E-state index contributed by atoms with van der Waals surface area (Å²) in [5.41, 5.74) is 1.37. The average Bonchev–Trinajstić information content (AvgIpc) is 3.56. The number of carbonyl (C=O) groups excluding carboxylic acids is 1. The number of halogens is 2. The number of thiophene rings is 1. The van der Waals surface area contributed by atoms with Crippen LogP contribution < -0.4 is 9.64 Å². The first kappa shape index (κ1) is 26.3. The molecule has 1 fully saturated rings. The summed E-state index contributed by atoms with van der Waals surface area (Å²) in [5, 5.41) is 0.901. The monoisotopic (exact) mass is 596 g/mol. The van der Waals surface area contributed by atoms with Crippen molar-refractivity contribution in [1.29, 1.82) is 0 Å². The van der Waals surface area contributed by atoms with E-state index in [9.17, 15) is 13.2 Å². The third kappa shape index (κ3) is 5.21. The van der Waals surface area contributed by atoms with E-state index in [1.54, 1.807) is 37.7 Å². The molecule has 0 bridgehead atoms. The van der Waals surface area contributed by atoms with Gasteiger partial charge in [0.05, 0.1) is 27.7 Å². The van der Waals surface area contributed by atoms with Gasteiger partial charge in [-0.1, -0.05) is 41.0 Å². The molecule has 1 saturated heterocycles. The third-order valence-corrected chi connectivity index (χ3v) is 11.2. The van der Waals surface area contributed by atoms with E-state index in [0.29, 0.717) is 43.3 Å². The number of fused-ring (bicyclic) bond motifs is 1. The average molecular weight is 598 g/mol. The smallest absolute Gasteiger partial charge is 0.253 e. The first-order valence-corrected chi connectivity index (χ1v) is 15.2. The summed E-state index contributed by atoms with van der Waals surface area (Å²) >= 11 is 14.7. The number of piperidine rings is 1. The fourth-order valence-corrected chi connectivity index (χ4v) is 8.83. The fourth-order valence-electron chi connectivity index (χ4n) is 4.30. The van der Waals surface area contributed by atoms with Gasteiger partial charge in [0.1, 0.15) is 21.5 Å². The largest absolute Gasteiger partial charge is 0.494 e. The van der Waals surface area contributed by atoms with Gasteiger partial charge in [-0.25, -0.2) is 13.4 Å².